The Morgan fingerprint density at radius 2 is 2.03 bits per heavy atom. The van der Waals surface area contributed by atoms with Crippen molar-refractivity contribution in [3.63, 3.8) is 0 Å². The molecule has 3 heterocycles. The molecule has 7 nitrogen and oxygen atoms in total. The quantitative estimate of drug-likeness (QED) is 0.488. The molecular formula is C28H38N2O5S. The van der Waals surface area contributed by atoms with Gasteiger partial charge in [0.25, 0.3) is 5.91 Å². The summed E-state index contributed by atoms with van der Waals surface area (Å²) < 4.78 is -0.844. The molecule has 3 aliphatic rings. The van der Waals surface area contributed by atoms with Crippen LogP contribution in [0.4, 0.5) is 5.69 Å². The van der Waals surface area contributed by atoms with Gasteiger partial charge in [-0.2, -0.15) is 0 Å². The van der Waals surface area contributed by atoms with Crippen LogP contribution in [0.3, 0.4) is 0 Å². The molecule has 1 spiro atoms. The Morgan fingerprint density at radius 3 is 2.61 bits per heavy atom. The molecule has 3 saturated heterocycles. The fourth-order valence-electron chi connectivity index (χ4n) is 6.83. The third-order valence-electron chi connectivity index (χ3n) is 8.28. The molecule has 196 valence electrons. The van der Waals surface area contributed by atoms with Crippen LogP contribution in [-0.2, 0) is 14.4 Å². The zero-order valence-corrected chi connectivity index (χ0v) is 22.6. The summed E-state index contributed by atoms with van der Waals surface area (Å²) in [5.74, 6) is -2.95. The average Bonchev–Trinajstić information content (AvgIpc) is 3.41. The second-order valence-corrected chi connectivity index (χ2v) is 12.7. The summed E-state index contributed by atoms with van der Waals surface area (Å²) in [6.07, 6.45) is 2.86. The Kier molecular flexibility index (Phi) is 7.32. The van der Waals surface area contributed by atoms with Crippen molar-refractivity contribution in [1.82, 2.24) is 4.90 Å². The van der Waals surface area contributed by atoms with Gasteiger partial charge in [-0.15, -0.1) is 18.3 Å². The van der Waals surface area contributed by atoms with Crippen LogP contribution in [0.1, 0.15) is 44.7 Å². The van der Waals surface area contributed by atoms with E-state index in [1.165, 1.54) is 11.8 Å². The zero-order chi connectivity index (χ0) is 26.5. The largest absolute Gasteiger partial charge is 0.481 e. The van der Waals surface area contributed by atoms with E-state index in [1.54, 1.807) is 15.9 Å². The number of aryl methyl sites for hydroxylation is 2. The molecule has 0 saturated carbocycles. The number of carboxylic acids is 1. The Hall–Kier alpha value is -2.32. The van der Waals surface area contributed by atoms with Crippen LogP contribution >= 0.6 is 11.8 Å². The van der Waals surface area contributed by atoms with E-state index < -0.39 is 34.6 Å². The van der Waals surface area contributed by atoms with Crippen LogP contribution in [0.25, 0.3) is 0 Å². The van der Waals surface area contributed by atoms with E-state index in [4.69, 9.17) is 0 Å². The number of anilines is 1. The van der Waals surface area contributed by atoms with Crippen LogP contribution in [0.15, 0.2) is 30.9 Å². The first-order valence-corrected chi connectivity index (χ1v) is 13.7. The lowest BCUT2D eigenvalue weighted by atomic mass is 9.66. The van der Waals surface area contributed by atoms with Crippen molar-refractivity contribution in [2.45, 2.75) is 69.5 Å². The third kappa shape index (κ3) is 3.97. The number of rotatable bonds is 9. The molecule has 36 heavy (non-hydrogen) atoms. The average molecular weight is 515 g/mol. The van der Waals surface area contributed by atoms with Gasteiger partial charge in [-0.05, 0) is 55.7 Å². The molecule has 1 aromatic carbocycles. The lowest BCUT2D eigenvalue weighted by Gasteiger charge is -2.42. The summed E-state index contributed by atoms with van der Waals surface area (Å²) in [5.41, 5.74) is 2.70. The molecule has 2 amide bonds. The monoisotopic (exact) mass is 514 g/mol. The normalized spacial score (nSPS) is 31.6. The van der Waals surface area contributed by atoms with Gasteiger partial charge in [0.2, 0.25) is 5.91 Å². The number of fused-ring (bicyclic) bond motifs is 1. The van der Waals surface area contributed by atoms with Crippen LogP contribution in [0.5, 0.6) is 0 Å². The highest BCUT2D eigenvalue weighted by atomic mass is 32.2. The number of carboxylic acid groups (broad SMARTS) is 1. The van der Waals surface area contributed by atoms with Gasteiger partial charge < -0.3 is 20.0 Å². The number of nitrogens with zero attached hydrogens (tertiary/aromatic N) is 2. The van der Waals surface area contributed by atoms with Gasteiger partial charge in [-0.25, -0.2) is 0 Å². The number of aliphatic carboxylic acids is 1. The Balaban J connectivity index is 1.89. The van der Waals surface area contributed by atoms with Gasteiger partial charge in [0.05, 0.1) is 29.2 Å². The first kappa shape index (κ1) is 26.7. The van der Waals surface area contributed by atoms with Crippen LogP contribution in [0.2, 0.25) is 0 Å². The fraction of sp³-hybridized carbons (Fsp3) is 0.607. The van der Waals surface area contributed by atoms with Crippen molar-refractivity contribution in [2.75, 3.05) is 18.1 Å². The van der Waals surface area contributed by atoms with Crippen LogP contribution in [0, 0.1) is 37.5 Å². The maximum Gasteiger partial charge on any atom is 0.308 e. The molecule has 0 aromatic heterocycles. The molecule has 7 atom stereocenters. The van der Waals surface area contributed by atoms with Crippen molar-refractivity contribution in [3.8, 4) is 0 Å². The SMILES string of the molecule is C=CCN(C(=O)C1N([C@@H](CO)CC(C)C)C(=O)[C@@H]2[C@@H](C(=O)O)[C@H]3CC(C)C12S3)c1cc(C)ccc1C. The van der Waals surface area contributed by atoms with Gasteiger partial charge in [0, 0.05) is 17.5 Å². The molecule has 0 aliphatic carbocycles. The molecule has 1 aromatic rings. The summed E-state index contributed by atoms with van der Waals surface area (Å²) in [7, 11) is 0. The van der Waals surface area contributed by atoms with Gasteiger partial charge in [-0.1, -0.05) is 39.0 Å². The fourth-order valence-corrected chi connectivity index (χ4v) is 9.22. The van der Waals surface area contributed by atoms with E-state index in [1.807, 2.05) is 52.8 Å². The second-order valence-electron chi connectivity index (χ2n) is 11.1. The molecule has 3 aliphatic heterocycles. The number of hydrogen-bond acceptors (Lipinski definition) is 5. The summed E-state index contributed by atoms with van der Waals surface area (Å²) in [4.78, 5) is 44.4. The third-order valence-corrected chi connectivity index (χ3v) is 10.4. The highest BCUT2D eigenvalue weighted by molar-refractivity contribution is 8.02. The van der Waals surface area contributed by atoms with Gasteiger partial charge >= 0.3 is 5.97 Å². The predicted octanol–water partition coefficient (Wildman–Crippen LogP) is 3.65. The van der Waals surface area contributed by atoms with E-state index in [9.17, 15) is 24.6 Å². The summed E-state index contributed by atoms with van der Waals surface area (Å²) in [5, 5.41) is 20.3. The number of benzene rings is 1. The summed E-state index contributed by atoms with van der Waals surface area (Å²) in [6, 6.07) is 4.51. The minimum atomic E-state index is -0.977. The predicted molar refractivity (Wildman–Crippen MR) is 142 cm³/mol. The lowest BCUT2D eigenvalue weighted by molar-refractivity contribution is -0.149. The van der Waals surface area contributed by atoms with Crippen molar-refractivity contribution in [1.29, 1.82) is 0 Å². The number of aliphatic hydroxyl groups excluding tert-OH is 1. The van der Waals surface area contributed by atoms with E-state index in [0.717, 1.165) is 16.8 Å². The Labute approximate surface area is 217 Å². The zero-order valence-electron chi connectivity index (χ0n) is 21.8. The van der Waals surface area contributed by atoms with Crippen molar-refractivity contribution < 1.29 is 24.6 Å². The smallest absolute Gasteiger partial charge is 0.308 e. The lowest BCUT2D eigenvalue weighted by Crippen LogP contribution is -2.59. The maximum absolute atomic E-state index is 14.7. The van der Waals surface area contributed by atoms with Crippen LogP contribution in [-0.4, -0.2) is 68.1 Å². The molecule has 8 heteroatoms. The number of carbonyl (C=O) groups is 3. The molecule has 3 unspecified atom stereocenters. The number of aliphatic hydroxyl groups is 1. The van der Waals surface area contributed by atoms with Crippen molar-refractivity contribution in [3.05, 3.63) is 42.0 Å². The van der Waals surface area contributed by atoms with E-state index in [-0.39, 0.29) is 42.1 Å². The Morgan fingerprint density at radius 1 is 1.33 bits per heavy atom. The summed E-state index contributed by atoms with van der Waals surface area (Å²) in [6.45, 7) is 13.9. The van der Waals surface area contributed by atoms with Crippen molar-refractivity contribution in [2.24, 2.45) is 23.7 Å². The topological polar surface area (TPSA) is 98.2 Å². The molecule has 3 fully saturated rings. The second kappa shape index (κ2) is 9.86. The van der Waals surface area contributed by atoms with Gasteiger partial charge in [0.1, 0.15) is 6.04 Å². The first-order chi connectivity index (χ1) is 17.0. The molecule has 0 radical (unpaired) electrons. The highest BCUT2D eigenvalue weighted by Gasteiger charge is 2.77. The maximum atomic E-state index is 14.7. The standard InChI is InChI=1S/C28H38N2O5S/c1-7-10-29(20-12-16(4)8-9-17(20)5)26(33)24-28-18(6)13-21(36-28)22(27(34)35)23(28)25(32)30(24)19(14-31)11-15(2)3/h7-9,12,15,18-19,21-24,31H,1,10-11,13-14H2,2-6H3,(H,34,35)/t18?,19-,21-,22+,23+,24?,28?/m1/s1. The van der Waals surface area contributed by atoms with E-state index >= 15 is 0 Å². The Bertz CT molecular complexity index is 1070. The van der Waals surface area contributed by atoms with E-state index in [0.29, 0.717) is 12.8 Å². The molecular weight excluding hydrogens is 476 g/mol. The van der Waals surface area contributed by atoms with E-state index in [2.05, 4.69) is 6.58 Å². The number of carbonyl (C=O) groups excluding carboxylic acids is 2. The first-order valence-electron chi connectivity index (χ1n) is 12.8. The molecule has 4 rings (SSSR count). The molecule has 2 N–H and O–H groups in total. The number of likely N-dealkylation sites (tertiary alicyclic amines) is 1. The summed E-state index contributed by atoms with van der Waals surface area (Å²) >= 11 is 1.52. The number of amides is 2. The minimum Gasteiger partial charge on any atom is -0.481 e. The highest BCUT2D eigenvalue weighted by Crippen LogP contribution is 2.69. The van der Waals surface area contributed by atoms with Crippen LogP contribution < -0.4 is 4.90 Å². The molecule has 2 bridgehead atoms. The number of hydrogen-bond donors (Lipinski definition) is 2. The van der Waals surface area contributed by atoms with Gasteiger partial charge in [-0.3, -0.25) is 14.4 Å². The van der Waals surface area contributed by atoms with Gasteiger partial charge in [0.15, 0.2) is 0 Å². The van der Waals surface area contributed by atoms with Crippen molar-refractivity contribution >= 4 is 35.2 Å². The number of thioether (sulfide) groups is 1. The minimum absolute atomic E-state index is 0.0152.